The zero-order valence-corrected chi connectivity index (χ0v) is 14.5. The van der Waals surface area contributed by atoms with Gasteiger partial charge in [-0.2, -0.15) is 0 Å². The first-order chi connectivity index (χ1) is 11.4. The minimum Gasteiger partial charge on any atom is -0.456 e. The summed E-state index contributed by atoms with van der Waals surface area (Å²) < 4.78 is 18.4. The van der Waals surface area contributed by atoms with Crippen LogP contribution in [0, 0.1) is 0 Å². The van der Waals surface area contributed by atoms with Gasteiger partial charge in [0.25, 0.3) is 0 Å². The monoisotopic (exact) mass is 320 g/mol. The second-order valence-electron chi connectivity index (χ2n) is 7.36. The molecule has 24 heavy (non-hydrogen) atoms. The first-order valence-corrected chi connectivity index (χ1v) is 8.30. The van der Waals surface area contributed by atoms with Gasteiger partial charge in [-0.3, -0.25) is 0 Å². The SMILES string of the molecule is CC1(C)OB(c2ccc3c(c2)C=Cc2ccccc2O3)OC1(C)C. The molecule has 2 aliphatic heterocycles. The lowest BCUT2D eigenvalue weighted by Gasteiger charge is -2.32. The van der Waals surface area contributed by atoms with Crippen LogP contribution in [0.2, 0.25) is 0 Å². The normalized spacial score (nSPS) is 20.1. The molecule has 0 bridgehead atoms. The molecule has 0 saturated carbocycles. The molecule has 0 amide bonds. The Kier molecular flexibility index (Phi) is 3.38. The summed E-state index contributed by atoms with van der Waals surface area (Å²) in [6, 6.07) is 14.1. The van der Waals surface area contributed by atoms with E-state index in [-0.39, 0.29) is 18.3 Å². The van der Waals surface area contributed by atoms with Crippen molar-refractivity contribution in [1.29, 1.82) is 0 Å². The van der Waals surface area contributed by atoms with Crippen LogP contribution < -0.4 is 10.2 Å². The first kappa shape index (κ1) is 15.5. The molecule has 0 spiro atoms. The van der Waals surface area contributed by atoms with Gasteiger partial charge in [0.1, 0.15) is 11.5 Å². The van der Waals surface area contributed by atoms with Crippen LogP contribution in [0.15, 0.2) is 42.5 Å². The van der Waals surface area contributed by atoms with Crippen molar-refractivity contribution >= 4 is 24.7 Å². The predicted octanol–water partition coefficient (Wildman–Crippen LogP) is 4.26. The van der Waals surface area contributed by atoms with Gasteiger partial charge in [-0.05, 0) is 45.3 Å². The van der Waals surface area contributed by atoms with Crippen molar-refractivity contribution in [1.82, 2.24) is 0 Å². The number of ether oxygens (including phenoxy) is 1. The lowest BCUT2D eigenvalue weighted by atomic mass is 9.78. The van der Waals surface area contributed by atoms with Crippen LogP contribution in [0.1, 0.15) is 38.8 Å². The summed E-state index contributed by atoms with van der Waals surface area (Å²) >= 11 is 0. The molecule has 4 heteroatoms. The van der Waals surface area contributed by atoms with E-state index in [1.165, 1.54) is 0 Å². The number of benzene rings is 2. The van der Waals surface area contributed by atoms with Gasteiger partial charge in [-0.15, -0.1) is 0 Å². The summed E-state index contributed by atoms with van der Waals surface area (Å²) in [5.41, 5.74) is 2.43. The van der Waals surface area contributed by atoms with E-state index in [9.17, 15) is 0 Å². The standard InChI is InChI=1S/C20H21BO3/c1-19(2)20(3,4)24-21(23-19)16-11-12-18-15(13-16)10-9-14-7-5-6-8-17(14)22-18/h5-13H,1-4H3. The van der Waals surface area contributed by atoms with Crippen LogP contribution >= 0.6 is 0 Å². The molecule has 4 rings (SSSR count). The highest BCUT2D eigenvalue weighted by Gasteiger charge is 2.51. The molecular formula is C20H21BO3. The van der Waals surface area contributed by atoms with Gasteiger partial charge in [0, 0.05) is 11.1 Å². The van der Waals surface area contributed by atoms with E-state index in [0.29, 0.717) is 0 Å². The Bertz CT molecular complexity index is 807. The highest BCUT2D eigenvalue weighted by Crippen LogP contribution is 2.37. The molecule has 2 heterocycles. The van der Waals surface area contributed by atoms with Crippen molar-refractivity contribution in [2.75, 3.05) is 0 Å². The van der Waals surface area contributed by atoms with Crippen molar-refractivity contribution < 1.29 is 14.0 Å². The Morgan fingerprint density at radius 1 is 0.750 bits per heavy atom. The molecule has 0 aromatic heterocycles. The summed E-state index contributed by atoms with van der Waals surface area (Å²) in [6.07, 6.45) is 4.16. The molecule has 0 radical (unpaired) electrons. The summed E-state index contributed by atoms with van der Waals surface area (Å²) in [5, 5.41) is 0. The van der Waals surface area contributed by atoms with Gasteiger partial charge in [0.2, 0.25) is 0 Å². The van der Waals surface area contributed by atoms with Gasteiger partial charge in [-0.1, -0.05) is 42.5 Å². The second kappa shape index (κ2) is 5.23. The fourth-order valence-electron chi connectivity index (χ4n) is 2.93. The van der Waals surface area contributed by atoms with E-state index in [0.717, 1.165) is 28.1 Å². The lowest BCUT2D eigenvalue weighted by Crippen LogP contribution is -2.41. The number of hydrogen-bond acceptors (Lipinski definition) is 3. The van der Waals surface area contributed by atoms with Crippen molar-refractivity contribution in [2.45, 2.75) is 38.9 Å². The van der Waals surface area contributed by atoms with Gasteiger partial charge < -0.3 is 14.0 Å². The second-order valence-corrected chi connectivity index (χ2v) is 7.36. The van der Waals surface area contributed by atoms with Crippen molar-refractivity contribution in [3.8, 4) is 11.5 Å². The Morgan fingerprint density at radius 2 is 1.38 bits per heavy atom. The van der Waals surface area contributed by atoms with Crippen molar-refractivity contribution in [3.05, 3.63) is 53.6 Å². The highest BCUT2D eigenvalue weighted by atomic mass is 16.7. The average molecular weight is 320 g/mol. The molecule has 3 nitrogen and oxygen atoms in total. The Balaban J connectivity index is 1.68. The highest BCUT2D eigenvalue weighted by molar-refractivity contribution is 6.62. The summed E-state index contributed by atoms with van der Waals surface area (Å²) in [4.78, 5) is 0. The van der Waals surface area contributed by atoms with E-state index < -0.39 is 0 Å². The van der Waals surface area contributed by atoms with E-state index in [1.54, 1.807) is 0 Å². The number of hydrogen-bond donors (Lipinski definition) is 0. The zero-order valence-electron chi connectivity index (χ0n) is 14.5. The molecule has 0 aliphatic carbocycles. The molecular weight excluding hydrogens is 299 g/mol. The van der Waals surface area contributed by atoms with Gasteiger partial charge >= 0.3 is 7.12 Å². The summed E-state index contributed by atoms with van der Waals surface area (Å²) in [5.74, 6) is 1.72. The van der Waals surface area contributed by atoms with Gasteiger partial charge in [-0.25, -0.2) is 0 Å². The third kappa shape index (κ3) is 2.47. The molecule has 0 N–H and O–H groups in total. The van der Waals surface area contributed by atoms with Crippen LogP contribution in [0.3, 0.4) is 0 Å². The smallest absolute Gasteiger partial charge is 0.456 e. The fraction of sp³-hybridized carbons (Fsp3) is 0.300. The minimum atomic E-state index is -0.362. The van der Waals surface area contributed by atoms with Gasteiger partial charge in [0.05, 0.1) is 11.2 Å². The Morgan fingerprint density at radius 3 is 2.12 bits per heavy atom. The van der Waals surface area contributed by atoms with Crippen LogP contribution in [0.25, 0.3) is 12.2 Å². The van der Waals surface area contributed by atoms with E-state index in [4.69, 9.17) is 14.0 Å². The number of para-hydroxylation sites is 1. The van der Waals surface area contributed by atoms with E-state index in [1.807, 2.05) is 36.4 Å². The lowest BCUT2D eigenvalue weighted by molar-refractivity contribution is 0.00578. The largest absolute Gasteiger partial charge is 0.494 e. The molecule has 2 aromatic carbocycles. The molecule has 1 saturated heterocycles. The number of rotatable bonds is 1. The molecule has 122 valence electrons. The molecule has 0 atom stereocenters. The summed E-state index contributed by atoms with van der Waals surface area (Å²) in [7, 11) is -0.362. The molecule has 1 fully saturated rings. The molecule has 0 unspecified atom stereocenters. The maximum absolute atomic E-state index is 6.15. The van der Waals surface area contributed by atoms with Crippen molar-refractivity contribution in [2.24, 2.45) is 0 Å². The maximum atomic E-state index is 6.15. The topological polar surface area (TPSA) is 27.7 Å². The van der Waals surface area contributed by atoms with Crippen LogP contribution in [-0.4, -0.2) is 18.3 Å². The third-order valence-electron chi connectivity index (χ3n) is 5.14. The quantitative estimate of drug-likeness (QED) is 0.627. The first-order valence-electron chi connectivity index (χ1n) is 8.30. The fourth-order valence-corrected chi connectivity index (χ4v) is 2.93. The third-order valence-corrected chi connectivity index (χ3v) is 5.14. The van der Waals surface area contributed by atoms with E-state index in [2.05, 4.69) is 45.9 Å². The minimum absolute atomic E-state index is 0.340. The Hall–Kier alpha value is -2.04. The van der Waals surface area contributed by atoms with Crippen LogP contribution in [0.4, 0.5) is 0 Å². The van der Waals surface area contributed by atoms with Crippen LogP contribution in [0.5, 0.6) is 11.5 Å². The number of fused-ring (bicyclic) bond motifs is 2. The van der Waals surface area contributed by atoms with Gasteiger partial charge in [0.15, 0.2) is 0 Å². The van der Waals surface area contributed by atoms with Crippen LogP contribution in [-0.2, 0) is 9.31 Å². The maximum Gasteiger partial charge on any atom is 0.494 e. The Labute approximate surface area is 143 Å². The average Bonchev–Trinajstić information content (AvgIpc) is 2.68. The molecule has 2 aliphatic rings. The molecule has 2 aromatic rings. The van der Waals surface area contributed by atoms with Crippen molar-refractivity contribution in [3.63, 3.8) is 0 Å². The predicted molar refractivity (Wildman–Crippen MR) is 97.6 cm³/mol. The zero-order chi connectivity index (χ0) is 16.9. The van der Waals surface area contributed by atoms with E-state index >= 15 is 0 Å². The summed E-state index contributed by atoms with van der Waals surface area (Å²) in [6.45, 7) is 8.26.